The van der Waals surface area contributed by atoms with Crippen LogP contribution >= 0.6 is 24.0 Å². The summed E-state index contributed by atoms with van der Waals surface area (Å²) in [5.41, 5.74) is 6.51. The van der Waals surface area contributed by atoms with E-state index in [1.807, 2.05) is 30.3 Å². The van der Waals surface area contributed by atoms with E-state index < -0.39 is 0 Å². The molecule has 2 rings (SSSR count). The van der Waals surface area contributed by atoms with Gasteiger partial charge in [-0.25, -0.2) is 4.99 Å². The molecule has 0 spiro atoms. The van der Waals surface area contributed by atoms with Crippen LogP contribution in [0.15, 0.2) is 58.1 Å². The molecule has 1 heterocycles. The minimum atomic E-state index is -0.223. The average molecular weight is 400 g/mol. The zero-order valence-electron chi connectivity index (χ0n) is 11.3. The van der Waals surface area contributed by atoms with Crippen LogP contribution in [0.2, 0.25) is 0 Å². The second-order valence-electron chi connectivity index (χ2n) is 4.05. The van der Waals surface area contributed by atoms with Crippen LogP contribution in [0.5, 0.6) is 0 Å². The molecule has 0 radical (unpaired) electrons. The third-order valence-electron chi connectivity index (χ3n) is 2.48. The van der Waals surface area contributed by atoms with Crippen molar-refractivity contribution in [3.05, 3.63) is 54.5 Å². The van der Waals surface area contributed by atoms with E-state index in [2.05, 4.69) is 15.6 Å². The maximum atomic E-state index is 11.6. The number of furan rings is 1. The summed E-state index contributed by atoms with van der Waals surface area (Å²) in [6.07, 6.45) is 1.56. The lowest BCUT2D eigenvalue weighted by Crippen LogP contribution is -2.28. The molecule has 0 saturated carbocycles. The number of nitrogens with two attached hydrogens (primary N) is 1. The number of para-hydroxylation sites is 1. The summed E-state index contributed by atoms with van der Waals surface area (Å²) in [5, 5.41) is 5.58. The predicted molar refractivity (Wildman–Crippen MR) is 92.5 cm³/mol. The third kappa shape index (κ3) is 6.30. The Balaban J connectivity index is 0.00000220. The van der Waals surface area contributed by atoms with E-state index in [4.69, 9.17) is 10.2 Å². The summed E-state index contributed by atoms with van der Waals surface area (Å²) in [7, 11) is 0. The van der Waals surface area contributed by atoms with Crippen molar-refractivity contribution < 1.29 is 9.21 Å². The number of carbonyl (C=O) groups is 1. The lowest BCUT2D eigenvalue weighted by molar-refractivity contribution is -0.119. The molecule has 21 heavy (non-hydrogen) atoms. The number of hydrogen-bond acceptors (Lipinski definition) is 3. The molecule has 112 valence electrons. The van der Waals surface area contributed by atoms with Gasteiger partial charge in [0, 0.05) is 5.69 Å². The Bertz CT molecular complexity index is 570. The predicted octanol–water partition coefficient (Wildman–Crippen LogP) is 1.94. The van der Waals surface area contributed by atoms with E-state index in [9.17, 15) is 4.79 Å². The number of nitrogens with zero attached hydrogens (tertiary/aromatic N) is 1. The van der Waals surface area contributed by atoms with Gasteiger partial charge in [-0.15, -0.1) is 24.0 Å². The summed E-state index contributed by atoms with van der Waals surface area (Å²) >= 11 is 0. The first-order valence-corrected chi connectivity index (χ1v) is 6.15. The van der Waals surface area contributed by atoms with Gasteiger partial charge in [0.1, 0.15) is 12.3 Å². The Morgan fingerprint density at radius 3 is 2.62 bits per heavy atom. The Hall–Kier alpha value is -2.03. The van der Waals surface area contributed by atoms with Crippen molar-refractivity contribution in [3.8, 4) is 0 Å². The molecule has 0 bridgehead atoms. The highest BCUT2D eigenvalue weighted by Gasteiger charge is 2.02. The van der Waals surface area contributed by atoms with E-state index in [0.717, 1.165) is 5.69 Å². The highest BCUT2D eigenvalue weighted by Crippen LogP contribution is 2.03. The first-order valence-electron chi connectivity index (χ1n) is 6.15. The Morgan fingerprint density at radius 1 is 1.19 bits per heavy atom. The van der Waals surface area contributed by atoms with Crippen molar-refractivity contribution in [2.24, 2.45) is 10.7 Å². The van der Waals surface area contributed by atoms with Crippen molar-refractivity contribution in [2.75, 3.05) is 11.9 Å². The van der Waals surface area contributed by atoms with Crippen LogP contribution in [0.3, 0.4) is 0 Å². The van der Waals surface area contributed by atoms with Crippen LogP contribution in [-0.2, 0) is 11.3 Å². The molecule has 0 atom stereocenters. The number of rotatable bonds is 5. The second kappa shape index (κ2) is 9.01. The fourth-order valence-electron chi connectivity index (χ4n) is 1.52. The maximum absolute atomic E-state index is 11.6. The highest BCUT2D eigenvalue weighted by atomic mass is 127. The number of halogens is 1. The van der Waals surface area contributed by atoms with Gasteiger partial charge in [-0.3, -0.25) is 4.79 Å². The Labute approximate surface area is 139 Å². The van der Waals surface area contributed by atoms with Gasteiger partial charge >= 0.3 is 0 Å². The fraction of sp³-hybridized carbons (Fsp3) is 0.143. The molecule has 0 unspecified atom stereocenters. The molecular weight excluding hydrogens is 383 g/mol. The fourth-order valence-corrected chi connectivity index (χ4v) is 1.52. The van der Waals surface area contributed by atoms with Crippen LogP contribution in [-0.4, -0.2) is 18.4 Å². The van der Waals surface area contributed by atoms with Gasteiger partial charge in [0.2, 0.25) is 5.91 Å². The first-order chi connectivity index (χ1) is 9.74. The van der Waals surface area contributed by atoms with Crippen LogP contribution in [0.1, 0.15) is 5.76 Å². The zero-order chi connectivity index (χ0) is 14.2. The standard InChI is InChI=1S/C14H16N4O2.HI/c15-14(18-11-5-2-1-3-6-11)17-10-13(19)16-9-12-7-4-8-20-12;/h1-8H,9-10H2,(H,16,19)(H3,15,17,18);1H. The molecule has 6 nitrogen and oxygen atoms in total. The smallest absolute Gasteiger partial charge is 0.242 e. The second-order valence-corrected chi connectivity index (χ2v) is 4.05. The molecule has 1 amide bonds. The zero-order valence-corrected chi connectivity index (χ0v) is 13.6. The number of guanidine groups is 1. The van der Waals surface area contributed by atoms with E-state index in [1.165, 1.54) is 0 Å². The molecule has 0 aliphatic heterocycles. The minimum Gasteiger partial charge on any atom is -0.467 e. The van der Waals surface area contributed by atoms with Gasteiger partial charge < -0.3 is 20.8 Å². The number of benzene rings is 1. The monoisotopic (exact) mass is 400 g/mol. The Morgan fingerprint density at radius 2 is 1.95 bits per heavy atom. The summed E-state index contributed by atoms with van der Waals surface area (Å²) in [5.74, 6) is 0.668. The molecule has 0 aliphatic carbocycles. The number of hydrogen-bond donors (Lipinski definition) is 3. The van der Waals surface area contributed by atoms with Gasteiger partial charge in [0.25, 0.3) is 0 Å². The van der Waals surface area contributed by atoms with Crippen molar-refractivity contribution in [2.45, 2.75) is 6.54 Å². The minimum absolute atomic E-state index is 0. The van der Waals surface area contributed by atoms with E-state index in [1.54, 1.807) is 18.4 Å². The topological polar surface area (TPSA) is 92.6 Å². The largest absolute Gasteiger partial charge is 0.467 e. The Kier molecular flexibility index (Phi) is 7.30. The highest BCUT2D eigenvalue weighted by molar-refractivity contribution is 14.0. The van der Waals surface area contributed by atoms with E-state index >= 15 is 0 Å². The molecule has 7 heteroatoms. The number of nitrogens with one attached hydrogen (secondary N) is 2. The quantitative estimate of drug-likeness (QED) is 0.406. The molecule has 1 aromatic heterocycles. The van der Waals surface area contributed by atoms with Crippen molar-refractivity contribution in [1.82, 2.24) is 5.32 Å². The molecule has 1 aromatic carbocycles. The molecule has 2 aromatic rings. The van der Waals surface area contributed by atoms with Crippen molar-refractivity contribution in [3.63, 3.8) is 0 Å². The molecular formula is C14H17IN4O2. The summed E-state index contributed by atoms with van der Waals surface area (Å²) < 4.78 is 5.10. The summed E-state index contributed by atoms with van der Waals surface area (Å²) in [6.45, 7) is 0.305. The number of aliphatic imine (C=N–C) groups is 1. The van der Waals surface area contributed by atoms with Gasteiger partial charge in [0.05, 0.1) is 12.8 Å². The van der Waals surface area contributed by atoms with E-state index in [-0.39, 0.29) is 42.4 Å². The lowest BCUT2D eigenvalue weighted by atomic mass is 10.3. The summed E-state index contributed by atoms with van der Waals surface area (Å²) in [4.78, 5) is 15.5. The number of carbonyl (C=O) groups excluding carboxylic acids is 1. The molecule has 0 fully saturated rings. The van der Waals surface area contributed by atoms with Crippen LogP contribution in [0, 0.1) is 0 Å². The van der Waals surface area contributed by atoms with Crippen LogP contribution in [0.4, 0.5) is 5.69 Å². The molecule has 0 saturated heterocycles. The average Bonchev–Trinajstić information content (AvgIpc) is 2.97. The SMILES string of the molecule is I.NC(=NCC(=O)NCc1ccco1)Nc1ccccc1. The van der Waals surface area contributed by atoms with Crippen LogP contribution < -0.4 is 16.4 Å². The van der Waals surface area contributed by atoms with Gasteiger partial charge in [-0.2, -0.15) is 0 Å². The summed E-state index contributed by atoms with van der Waals surface area (Å²) in [6, 6.07) is 12.9. The maximum Gasteiger partial charge on any atom is 0.242 e. The van der Waals surface area contributed by atoms with Crippen molar-refractivity contribution in [1.29, 1.82) is 0 Å². The van der Waals surface area contributed by atoms with Crippen molar-refractivity contribution >= 4 is 41.5 Å². The van der Waals surface area contributed by atoms with E-state index in [0.29, 0.717) is 12.3 Å². The third-order valence-corrected chi connectivity index (χ3v) is 2.48. The van der Waals surface area contributed by atoms with Gasteiger partial charge in [-0.05, 0) is 24.3 Å². The number of amides is 1. The molecule has 4 N–H and O–H groups in total. The molecule has 0 aliphatic rings. The first kappa shape index (κ1) is 17.0. The normalized spacial score (nSPS) is 10.6. The number of anilines is 1. The van der Waals surface area contributed by atoms with Gasteiger partial charge in [-0.1, -0.05) is 18.2 Å². The van der Waals surface area contributed by atoms with Crippen LogP contribution in [0.25, 0.3) is 0 Å². The lowest BCUT2D eigenvalue weighted by Gasteiger charge is -2.05. The van der Waals surface area contributed by atoms with Gasteiger partial charge in [0.15, 0.2) is 5.96 Å².